The molecule has 12 heavy (non-hydrogen) atoms. The molecule has 0 atom stereocenters. The molecule has 1 fully saturated rings. The third-order valence-corrected chi connectivity index (χ3v) is 3.41. The third-order valence-electron chi connectivity index (χ3n) is 2.54. The highest BCUT2D eigenvalue weighted by Gasteiger charge is 2.16. The highest BCUT2D eigenvalue weighted by atomic mass is 32.1. The largest absolute Gasteiger partial charge is 0.312 e. The maximum atomic E-state index is 3.50. The zero-order chi connectivity index (χ0) is 8.23. The summed E-state index contributed by atoms with van der Waals surface area (Å²) in [4.78, 5) is 1.45. The van der Waals surface area contributed by atoms with E-state index in [4.69, 9.17) is 0 Å². The summed E-state index contributed by atoms with van der Waals surface area (Å²) in [6.45, 7) is 2.28. The van der Waals surface area contributed by atoms with Crippen LogP contribution >= 0.6 is 11.3 Å². The minimum atomic E-state index is 0.977. The van der Waals surface area contributed by atoms with Crippen molar-refractivity contribution in [2.75, 3.05) is 6.54 Å². The summed E-state index contributed by atoms with van der Waals surface area (Å²) in [7, 11) is 0. The molecule has 1 heterocycles. The molecule has 0 saturated heterocycles. The average molecular weight is 181 g/mol. The summed E-state index contributed by atoms with van der Waals surface area (Å²) in [5, 5.41) is 5.64. The average Bonchev–Trinajstić information content (AvgIpc) is 2.46. The van der Waals surface area contributed by atoms with Crippen molar-refractivity contribution < 1.29 is 0 Å². The molecular formula is C10H15NS. The maximum Gasteiger partial charge on any atom is 0.0299 e. The van der Waals surface area contributed by atoms with Crippen molar-refractivity contribution in [2.45, 2.75) is 25.8 Å². The lowest BCUT2D eigenvalue weighted by Crippen LogP contribution is -2.26. The Bertz CT molecular complexity index is 214. The number of rotatable bonds is 4. The third kappa shape index (κ3) is 2.08. The number of hydrogen-bond donors (Lipinski definition) is 1. The van der Waals surface area contributed by atoms with Crippen molar-refractivity contribution in [3.05, 3.63) is 22.4 Å². The van der Waals surface area contributed by atoms with Gasteiger partial charge in [-0.05, 0) is 36.8 Å². The van der Waals surface area contributed by atoms with E-state index in [0.717, 1.165) is 12.5 Å². The van der Waals surface area contributed by atoms with Crippen molar-refractivity contribution in [2.24, 2.45) is 5.92 Å². The predicted molar refractivity (Wildman–Crippen MR) is 53.4 cm³/mol. The van der Waals surface area contributed by atoms with E-state index in [1.165, 1.54) is 30.7 Å². The van der Waals surface area contributed by atoms with Gasteiger partial charge >= 0.3 is 0 Å². The minimum Gasteiger partial charge on any atom is -0.312 e. The van der Waals surface area contributed by atoms with Gasteiger partial charge in [-0.3, -0.25) is 0 Å². The van der Waals surface area contributed by atoms with Gasteiger partial charge in [0, 0.05) is 11.4 Å². The Balaban J connectivity index is 1.62. The smallest absolute Gasteiger partial charge is 0.0299 e. The Hall–Kier alpha value is -0.340. The van der Waals surface area contributed by atoms with Gasteiger partial charge in [-0.1, -0.05) is 12.5 Å². The molecule has 0 aliphatic heterocycles. The van der Waals surface area contributed by atoms with Crippen LogP contribution in [0.1, 0.15) is 24.1 Å². The van der Waals surface area contributed by atoms with E-state index in [2.05, 4.69) is 22.8 Å². The first kappa shape index (κ1) is 8.27. The summed E-state index contributed by atoms with van der Waals surface area (Å²) in [6.07, 6.45) is 4.33. The minimum absolute atomic E-state index is 0.977. The van der Waals surface area contributed by atoms with Gasteiger partial charge in [-0.25, -0.2) is 0 Å². The molecule has 0 aromatic carbocycles. The van der Waals surface area contributed by atoms with Crippen LogP contribution in [0.15, 0.2) is 17.5 Å². The van der Waals surface area contributed by atoms with E-state index in [1.807, 2.05) is 11.3 Å². The van der Waals surface area contributed by atoms with Gasteiger partial charge in [0.1, 0.15) is 0 Å². The lowest BCUT2D eigenvalue weighted by molar-refractivity contribution is 0.301. The van der Waals surface area contributed by atoms with Crippen LogP contribution in [0.4, 0.5) is 0 Å². The van der Waals surface area contributed by atoms with Gasteiger partial charge in [0.05, 0.1) is 0 Å². The van der Waals surface area contributed by atoms with Crippen molar-refractivity contribution >= 4 is 11.3 Å². The first-order valence-electron chi connectivity index (χ1n) is 4.68. The van der Waals surface area contributed by atoms with Crippen molar-refractivity contribution in [1.29, 1.82) is 0 Å². The Kier molecular flexibility index (Phi) is 2.79. The first-order valence-corrected chi connectivity index (χ1v) is 5.56. The highest BCUT2D eigenvalue weighted by molar-refractivity contribution is 7.09. The quantitative estimate of drug-likeness (QED) is 0.753. The zero-order valence-electron chi connectivity index (χ0n) is 7.25. The zero-order valence-corrected chi connectivity index (χ0v) is 8.07. The fourth-order valence-corrected chi connectivity index (χ4v) is 2.18. The molecule has 0 unspecified atom stereocenters. The van der Waals surface area contributed by atoms with Gasteiger partial charge in [0.25, 0.3) is 0 Å². The molecule has 1 saturated carbocycles. The molecule has 66 valence electrons. The Labute approximate surface area is 77.8 Å². The van der Waals surface area contributed by atoms with Crippen LogP contribution in [0.3, 0.4) is 0 Å². The fraction of sp³-hybridized carbons (Fsp3) is 0.600. The summed E-state index contributed by atoms with van der Waals surface area (Å²) >= 11 is 1.84. The summed E-state index contributed by atoms with van der Waals surface area (Å²) in [6, 6.07) is 4.31. The van der Waals surface area contributed by atoms with E-state index in [9.17, 15) is 0 Å². The van der Waals surface area contributed by atoms with Crippen LogP contribution in [0.2, 0.25) is 0 Å². The van der Waals surface area contributed by atoms with Crippen molar-refractivity contribution in [3.8, 4) is 0 Å². The van der Waals surface area contributed by atoms with Crippen LogP contribution in [0.5, 0.6) is 0 Å². The SMILES string of the molecule is c1csc(CNCC2CCC2)c1. The Morgan fingerprint density at radius 1 is 1.50 bits per heavy atom. The molecule has 0 bridgehead atoms. The second-order valence-corrected chi connectivity index (χ2v) is 4.54. The van der Waals surface area contributed by atoms with Crippen LogP contribution in [0, 0.1) is 5.92 Å². The lowest BCUT2D eigenvalue weighted by Gasteiger charge is -2.25. The first-order chi connectivity index (χ1) is 5.95. The standard InChI is InChI=1S/C10H15NS/c1-3-9(4-1)7-11-8-10-5-2-6-12-10/h2,5-6,9,11H,1,3-4,7-8H2. The van der Waals surface area contributed by atoms with E-state index < -0.39 is 0 Å². The Morgan fingerprint density at radius 3 is 3.00 bits per heavy atom. The molecular weight excluding hydrogens is 166 g/mol. The van der Waals surface area contributed by atoms with E-state index in [1.54, 1.807) is 0 Å². The second-order valence-electron chi connectivity index (χ2n) is 3.51. The molecule has 1 aliphatic carbocycles. The van der Waals surface area contributed by atoms with Crippen LogP contribution in [-0.2, 0) is 6.54 Å². The van der Waals surface area contributed by atoms with Crippen LogP contribution in [-0.4, -0.2) is 6.54 Å². The summed E-state index contributed by atoms with van der Waals surface area (Å²) < 4.78 is 0. The monoisotopic (exact) mass is 181 g/mol. The predicted octanol–water partition coefficient (Wildman–Crippen LogP) is 2.64. The van der Waals surface area contributed by atoms with Gasteiger partial charge < -0.3 is 5.32 Å². The lowest BCUT2D eigenvalue weighted by atomic mass is 9.85. The fourth-order valence-electron chi connectivity index (χ4n) is 1.51. The molecule has 1 N–H and O–H groups in total. The molecule has 0 amide bonds. The van der Waals surface area contributed by atoms with Gasteiger partial charge in [0.15, 0.2) is 0 Å². The number of nitrogens with one attached hydrogen (secondary N) is 1. The van der Waals surface area contributed by atoms with Crippen LogP contribution in [0.25, 0.3) is 0 Å². The van der Waals surface area contributed by atoms with Gasteiger partial charge in [-0.15, -0.1) is 11.3 Å². The topological polar surface area (TPSA) is 12.0 Å². The molecule has 1 aliphatic rings. The van der Waals surface area contributed by atoms with E-state index >= 15 is 0 Å². The molecule has 1 aromatic rings. The van der Waals surface area contributed by atoms with Gasteiger partial charge in [0.2, 0.25) is 0 Å². The van der Waals surface area contributed by atoms with Crippen molar-refractivity contribution in [3.63, 3.8) is 0 Å². The maximum absolute atomic E-state index is 3.50. The summed E-state index contributed by atoms with van der Waals surface area (Å²) in [5.74, 6) is 0.977. The molecule has 1 nitrogen and oxygen atoms in total. The van der Waals surface area contributed by atoms with Crippen molar-refractivity contribution in [1.82, 2.24) is 5.32 Å². The molecule has 1 aromatic heterocycles. The summed E-state index contributed by atoms with van der Waals surface area (Å²) in [5.41, 5.74) is 0. The second kappa shape index (κ2) is 4.06. The highest BCUT2D eigenvalue weighted by Crippen LogP contribution is 2.25. The van der Waals surface area contributed by atoms with E-state index in [0.29, 0.717) is 0 Å². The molecule has 2 heteroatoms. The van der Waals surface area contributed by atoms with E-state index in [-0.39, 0.29) is 0 Å². The van der Waals surface area contributed by atoms with Gasteiger partial charge in [-0.2, -0.15) is 0 Å². The van der Waals surface area contributed by atoms with Crippen LogP contribution < -0.4 is 5.32 Å². The Morgan fingerprint density at radius 2 is 2.42 bits per heavy atom. The molecule has 2 rings (SSSR count). The number of thiophene rings is 1. The normalized spacial score (nSPS) is 17.7. The number of hydrogen-bond acceptors (Lipinski definition) is 2. The molecule has 0 radical (unpaired) electrons. The molecule has 0 spiro atoms.